The fraction of sp³-hybridized carbons (Fsp3) is 0.200. The van der Waals surface area contributed by atoms with E-state index in [1.807, 2.05) is 36.4 Å². The van der Waals surface area contributed by atoms with E-state index in [0.29, 0.717) is 18.5 Å². The number of nitrogens with zero attached hydrogens (tertiary/aromatic N) is 1. The maximum atomic E-state index is 11.9. The number of aryl methyl sites for hydroxylation is 1. The summed E-state index contributed by atoms with van der Waals surface area (Å²) in [6.07, 6.45) is 2.79. The minimum Gasteiger partial charge on any atom is -0.373 e. The molecule has 2 N–H and O–H groups in total. The summed E-state index contributed by atoms with van der Waals surface area (Å²) in [5.41, 5.74) is 1.84. The highest BCUT2D eigenvalue weighted by atomic mass is 79.9. The zero-order chi connectivity index (χ0) is 14.4. The highest BCUT2D eigenvalue weighted by molar-refractivity contribution is 9.10. The van der Waals surface area contributed by atoms with Crippen LogP contribution in [0.25, 0.3) is 0 Å². The molecule has 0 spiro atoms. The molecule has 104 valence electrons. The summed E-state index contributed by atoms with van der Waals surface area (Å²) in [6.45, 7) is 0. The van der Waals surface area contributed by atoms with Crippen LogP contribution in [0.3, 0.4) is 0 Å². The fourth-order valence-corrected chi connectivity index (χ4v) is 2.27. The zero-order valence-corrected chi connectivity index (χ0v) is 12.8. The lowest BCUT2D eigenvalue weighted by Gasteiger charge is -2.07. The first-order valence-corrected chi connectivity index (χ1v) is 7.15. The Balaban J connectivity index is 1.87. The molecule has 5 heteroatoms. The molecule has 0 aliphatic heterocycles. The van der Waals surface area contributed by atoms with Crippen LogP contribution in [0.2, 0.25) is 0 Å². The third kappa shape index (κ3) is 4.06. The van der Waals surface area contributed by atoms with E-state index in [2.05, 4.69) is 31.5 Å². The van der Waals surface area contributed by atoms with Crippen LogP contribution >= 0.6 is 15.9 Å². The smallest absolute Gasteiger partial charge is 0.224 e. The normalized spacial score (nSPS) is 10.1. The van der Waals surface area contributed by atoms with Gasteiger partial charge in [-0.3, -0.25) is 4.79 Å². The number of hydrogen-bond acceptors (Lipinski definition) is 3. The molecular formula is C15H16BrN3O. The lowest BCUT2D eigenvalue weighted by molar-refractivity contribution is -0.116. The van der Waals surface area contributed by atoms with Gasteiger partial charge in [-0.05, 0) is 30.2 Å². The number of benzene rings is 1. The molecule has 0 fully saturated rings. The molecule has 2 rings (SSSR count). The molecule has 1 aromatic carbocycles. The van der Waals surface area contributed by atoms with Gasteiger partial charge in [0.2, 0.25) is 5.91 Å². The Hall–Kier alpha value is -1.88. The molecule has 0 radical (unpaired) electrons. The van der Waals surface area contributed by atoms with E-state index in [4.69, 9.17) is 0 Å². The molecule has 2 aromatic rings. The Morgan fingerprint density at radius 3 is 2.70 bits per heavy atom. The molecule has 20 heavy (non-hydrogen) atoms. The Bertz CT molecular complexity index is 584. The molecule has 0 atom stereocenters. The summed E-state index contributed by atoms with van der Waals surface area (Å²) in [4.78, 5) is 16.0. The van der Waals surface area contributed by atoms with E-state index in [1.54, 1.807) is 13.2 Å². The minimum absolute atomic E-state index is 0.0141. The summed E-state index contributed by atoms with van der Waals surface area (Å²) < 4.78 is 1.04. The van der Waals surface area contributed by atoms with Crippen molar-refractivity contribution in [2.75, 3.05) is 17.7 Å². The van der Waals surface area contributed by atoms with Crippen LogP contribution in [0, 0.1) is 0 Å². The van der Waals surface area contributed by atoms with Gasteiger partial charge in [-0.15, -0.1) is 0 Å². The van der Waals surface area contributed by atoms with Gasteiger partial charge < -0.3 is 10.6 Å². The molecule has 1 aromatic heterocycles. The molecule has 0 bridgehead atoms. The van der Waals surface area contributed by atoms with Gasteiger partial charge >= 0.3 is 0 Å². The molecule has 0 saturated carbocycles. The van der Waals surface area contributed by atoms with Crippen LogP contribution in [0.1, 0.15) is 12.0 Å². The van der Waals surface area contributed by atoms with Gasteiger partial charge in [0.1, 0.15) is 5.82 Å². The number of pyridine rings is 1. The zero-order valence-electron chi connectivity index (χ0n) is 11.2. The number of rotatable bonds is 5. The Morgan fingerprint density at radius 1 is 1.25 bits per heavy atom. The van der Waals surface area contributed by atoms with Gasteiger partial charge in [0.25, 0.3) is 0 Å². The minimum atomic E-state index is -0.0141. The number of halogens is 1. The van der Waals surface area contributed by atoms with E-state index >= 15 is 0 Å². The second kappa shape index (κ2) is 7.05. The average Bonchev–Trinajstić information content (AvgIpc) is 2.47. The summed E-state index contributed by atoms with van der Waals surface area (Å²) in [5.74, 6) is 0.760. The SMILES string of the molecule is CNc1ccc(NC(=O)CCc2ccccc2Br)cn1. The van der Waals surface area contributed by atoms with Crippen molar-refractivity contribution < 1.29 is 4.79 Å². The molecule has 0 unspecified atom stereocenters. The summed E-state index contributed by atoms with van der Waals surface area (Å²) in [5, 5.41) is 5.77. The van der Waals surface area contributed by atoms with Crippen LogP contribution in [0.5, 0.6) is 0 Å². The molecule has 0 aliphatic rings. The topological polar surface area (TPSA) is 54.0 Å². The quantitative estimate of drug-likeness (QED) is 0.880. The first-order valence-electron chi connectivity index (χ1n) is 6.36. The van der Waals surface area contributed by atoms with Crippen molar-refractivity contribution in [3.05, 3.63) is 52.6 Å². The second-order valence-corrected chi connectivity index (χ2v) is 5.18. The van der Waals surface area contributed by atoms with Crippen LogP contribution in [0.4, 0.5) is 11.5 Å². The highest BCUT2D eigenvalue weighted by Crippen LogP contribution is 2.17. The van der Waals surface area contributed by atoms with Gasteiger partial charge in [-0.2, -0.15) is 0 Å². The van der Waals surface area contributed by atoms with E-state index in [9.17, 15) is 4.79 Å². The van der Waals surface area contributed by atoms with Crippen molar-refractivity contribution in [3.8, 4) is 0 Å². The van der Waals surface area contributed by atoms with Gasteiger partial charge in [0.15, 0.2) is 0 Å². The number of carbonyl (C=O) groups is 1. The number of nitrogens with one attached hydrogen (secondary N) is 2. The van der Waals surface area contributed by atoms with Crippen LogP contribution in [-0.4, -0.2) is 17.9 Å². The number of anilines is 2. The third-order valence-electron chi connectivity index (χ3n) is 2.88. The van der Waals surface area contributed by atoms with Crippen molar-refractivity contribution in [3.63, 3.8) is 0 Å². The lowest BCUT2D eigenvalue weighted by Crippen LogP contribution is -2.12. The van der Waals surface area contributed by atoms with Crippen molar-refractivity contribution in [2.45, 2.75) is 12.8 Å². The van der Waals surface area contributed by atoms with Crippen LogP contribution in [-0.2, 0) is 11.2 Å². The summed E-state index contributed by atoms with van der Waals surface area (Å²) in [7, 11) is 1.80. The molecular weight excluding hydrogens is 318 g/mol. The monoisotopic (exact) mass is 333 g/mol. The summed E-state index contributed by atoms with van der Waals surface area (Å²) in [6, 6.07) is 11.6. The lowest BCUT2D eigenvalue weighted by atomic mass is 10.1. The molecule has 1 heterocycles. The third-order valence-corrected chi connectivity index (χ3v) is 3.66. The average molecular weight is 334 g/mol. The molecule has 1 amide bonds. The molecule has 4 nitrogen and oxygen atoms in total. The van der Waals surface area contributed by atoms with E-state index < -0.39 is 0 Å². The number of amides is 1. The van der Waals surface area contributed by atoms with Gasteiger partial charge in [-0.1, -0.05) is 34.1 Å². The van der Waals surface area contributed by atoms with E-state index in [1.165, 1.54) is 0 Å². The number of aromatic nitrogens is 1. The Labute approximate surface area is 126 Å². The number of carbonyl (C=O) groups excluding carboxylic acids is 1. The molecule has 0 saturated heterocycles. The van der Waals surface area contributed by atoms with Crippen molar-refractivity contribution in [1.82, 2.24) is 4.98 Å². The Morgan fingerprint density at radius 2 is 2.05 bits per heavy atom. The first kappa shape index (κ1) is 14.5. The van der Waals surface area contributed by atoms with Gasteiger partial charge in [0.05, 0.1) is 11.9 Å². The maximum Gasteiger partial charge on any atom is 0.224 e. The van der Waals surface area contributed by atoms with Crippen LogP contribution < -0.4 is 10.6 Å². The van der Waals surface area contributed by atoms with Crippen molar-refractivity contribution in [2.24, 2.45) is 0 Å². The fourth-order valence-electron chi connectivity index (χ4n) is 1.79. The molecule has 0 aliphatic carbocycles. The number of hydrogen-bond donors (Lipinski definition) is 2. The van der Waals surface area contributed by atoms with Crippen molar-refractivity contribution >= 4 is 33.3 Å². The highest BCUT2D eigenvalue weighted by Gasteiger charge is 2.05. The maximum absolute atomic E-state index is 11.9. The Kier molecular flexibility index (Phi) is 5.12. The first-order chi connectivity index (χ1) is 9.69. The second-order valence-electron chi connectivity index (χ2n) is 4.32. The summed E-state index contributed by atoms with van der Waals surface area (Å²) >= 11 is 3.48. The van der Waals surface area contributed by atoms with Crippen molar-refractivity contribution in [1.29, 1.82) is 0 Å². The van der Waals surface area contributed by atoms with Crippen LogP contribution in [0.15, 0.2) is 47.1 Å². The van der Waals surface area contributed by atoms with Gasteiger partial charge in [-0.25, -0.2) is 4.98 Å². The predicted molar refractivity (Wildman–Crippen MR) is 84.9 cm³/mol. The van der Waals surface area contributed by atoms with E-state index in [0.717, 1.165) is 15.9 Å². The van der Waals surface area contributed by atoms with E-state index in [-0.39, 0.29) is 5.91 Å². The predicted octanol–water partition coefficient (Wildman–Crippen LogP) is 3.46. The van der Waals surface area contributed by atoms with Gasteiger partial charge in [0, 0.05) is 17.9 Å². The largest absolute Gasteiger partial charge is 0.373 e. The standard InChI is InChI=1S/C15H16BrN3O/c1-17-14-8-7-12(10-18-14)19-15(20)9-6-11-4-2-3-5-13(11)16/h2-5,7-8,10H,6,9H2,1H3,(H,17,18)(H,19,20).